The van der Waals surface area contributed by atoms with Gasteiger partial charge in [0.2, 0.25) is 0 Å². The third kappa shape index (κ3) is 43.2. The molecule has 0 heterocycles. The SMILES string of the molecule is CCCCC/C=C\C/C=C\C/C=C\C/C=C\C/C=C\CCC(=O)O[C@H](COC(=O)CCC[C@@H](O)[C@H](O)/C=C/C=C/C=C\C=C\[C@H](O)CCCCC)COP(=O)(O)OC[C@@H](O)COP(=O)(O)O. The maximum Gasteiger partial charge on any atom is 0.472 e. The monoisotopic (exact) mass is 972 g/mol. The number of hydrogen-bond donors (Lipinski definition) is 7. The normalized spacial score (nSPS) is 16.3. The molecule has 1 unspecified atom stereocenters. The van der Waals surface area contributed by atoms with E-state index in [0.717, 1.165) is 44.9 Å². The van der Waals surface area contributed by atoms with Gasteiger partial charge in [0.25, 0.3) is 0 Å². The number of phosphoric acid groups is 2. The Bertz CT molecular complexity index is 1630. The van der Waals surface area contributed by atoms with Crippen LogP contribution in [0.3, 0.4) is 0 Å². The van der Waals surface area contributed by atoms with E-state index < -0.39 is 84.5 Å². The first kappa shape index (κ1) is 62.7. The zero-order chi connectivity index (χ0) is 49.2. The van der Waals surface area contributed by atoms with Crippen LogP contribution in [0.2, 0.25) is 0 Å². The van der Waals surface area contributed by atoms with Gasteiger partial charge in [-0.05, 0) is 64.2 Å². The van der Waals surface area contributed by atoms with Crippen LogP contribution in [0.4, 0.5) is 0 Å². The van der Waals surface area contributed by atoms with Gasteiger partial charge >= 0.3 is 27.6 Å². The Labute approximate surface area is 392 Å². The Kier molecular flexibility index (Phi) is 39.7. The van der Waals surface area contributed by atoms with E-state index in [1.54, 1.807) is 48.6 Å². The van der Waals surface area contributed by atoms with Crippen molar-refractivity contribution < 1.29 is 76.9 Å². The van der Waals surface area contributed by atoms with Crippen LogP contribution in [0.25, 0.3) is 0 Å². The molecular formula is C48H78O16P2. The molecule has 0 amide bonds. The van der Waals surface area contributed by atoms with Gasteiger partial charge in [-0.2, -0.15) is 0 Å². The summed E-state index contributed by atoms with van der Waals surface area (Å²) < 4.78 is 47.5. The Balaban J connectivity index is 4.94. The maximum absolute atomic E-state index is 12.7. The number of aliphatic hydroxyl groups is 4. The van der Waals surface area contributed by atoms with Crippen molar-refractivity contribution in [3.63, 3.8) is 0 Å². The Morgan fingerprint density at radius 3 is 1.64 bits per heavy atom. The molecule has 376 valence electrons. The second-order valence-electron chi connectivity index (χ2n) is 15.2. The molecule has 0 aliphatic heterocycles. The first-order valence-corrected chi connectivity index (χ1v) is 25.9. The number of carbonyl (C=O) groups excluding carboxylic acids is 2. The van der Waals surface area contributed by atoms with Crippen molar-refractivity contribution in [1.82, 2.24) is 0 Å². The third-order valence-corrected chi connectivity index (χ3v) is 10.4. The summed E-state index contributed by atoms with van der Waals surface area (Å²) in [5.41, 5.74) is 0. The number of allylic oxidation sites excluding steroid dienone is 16. The van der Waals surface area contributed by atoms with Crippen LogP contribution in [0, 0.1) is 0 Å². The topological polar surface area (TPSA) is 256 Å². The second kappa shape index (κ2) is 41.8. The molecule has 0 spiro atoms. The highest BCUT2D eigenvalue weighted by Gasteiger charge is 2.28. The van der Waals surface area contributed by atoms with Crippen molar-refractivity contribution in [2.75, 3.05) is 26.4 Å². The largest absolute Gasteiger partial charge is 0.472 e. The first-order valence-electron chi connectivity index (χ1n) is 22.9. The predicted octanol–water partition coefficient (Wildman–Crippen LogP) is 8.81. The quantitative estimate of drug-likeness (QED) is 0.00993. The van der Waals surface area contributed by atoms with Crippen LogP contribution < -0.4 is 0 Å². The summed E-state index contributed by atoms with van der Waals surface area (Å²) in [5.74, 6) is -1.47. The number of rotatable bonds is 41. The molecule has 0 saturated carbocycles. The standard InChI is InChI=1S/C48H78O16P2/c1-3-5-7-8-9-10-11-12-13-14-15-16-17-18-19-20-21-26-30-36-48(54)64-44(41-63-66(58,59)62-39-43(50)38-61-65(55,56)57)40-60-47(53)37-31-35-46(52)45(51)34-29-25-23-22-24-28-33-42(49)32-27-6-4-2/h9-10,12-13,15-16,18-19,21-26,28-29,33-34,42-46,49-52H,3-8,11,14,17,20,27,30-32,35-41H2,1-2H3,(H,58,59)(H2,55,56,57)/b10-9-,13-12-,16-15-,19-18-,24-22-,25-23+,26-21-,33-28+,34-29+/t42-,43+,44-,45-,46-/m1/s1. The van der Waals surface area contributed by atoms with Crippen LogP contribution in [-0.2, 0) is 41.8 Å². The van der Waals surface area contributed by atoms with Crippen LogP contribution in [0.1, 0.15) is 123 Å². The number of unbranched alkanes of at least 4 members (excludes halogenated alkanes) is 5. The van der Waals surface area contributed by atoms with Gasteiger partial charge in [0.1, 0.15) is 12.7 Å². The summed E-state index contributed by atoms with van der Waals surface area (Å²) in [5, 5.41) is 40.2. The minimum absolute atomic E-state index is 0.0448. The fourth-order valence-electron chi connectivity index (χ4n) is 5.36. The smallest absolute Gasteiger partial charge is 0.462 e. The fraction of sp³-hybridized carbons (Fsp3) is 0.583. The van der Waals surface area contributed by atoms with Crippen LogP contribution in [0.5, 0.6) is 0 Å². The number of carbonyl (C=O) groups is 2. The molecule has 0 radical (unpaired) electrons. The highest BCUT2D eigenvalue weighted by molar-refractivity contribution is 7.47. The van der Waals surface area contributed by atoms with E-state index in [2.05, 4.69) is 59.4 Å². The van der Waals surface area contributed by atoms with E-state index in [1.807, 2.05) is 18.2 Å². The Hall–Kier alpha value is -3.34. The lowest BCUT2D eigenvalue weighted by atomic mass is 10.1. The van der Waals surface area contributed by atoms with Gasteiger partial charge in [-0.25, -0.2) is 9.13 Å². The third-order valence-electron chi connectivity index (χ3n) is 9.00. The molecule has 66 heavy (non-hydrogen) atoms. The van der Waals surface area contributed by atoms with Crippen LogP contribution in [0.15, 0.2) is 109 Å². The molecule has 0 aromatic heterocycles. The van der Waals surface area contributed by atoms with E-state index in [4.69, 9.17) is 23.8 Å². The molecule has 0 bridgehead atoms. The van der Waals surface area contributed by atoms with Gasteiger partial charge < -0.3 is 44.6 Å². The van der Waals surface area contributed by atoms with E-state index in [0.29, 0.717) is 19.3 Å². The van der Waals surface area contributed by atoms with E-state index >= 15 is 0 Å². The highest BCUT2D eigenvalue weighted by atomic mass is 31.2. The van der Waals surface area contributed by atoms with E-state index in [-0.39, 0.29) is 25.7 Å². The Morgan fingerprint density at radius 2 is 1.05 bits per heavy atom. The molecule has 16 nitrogen and oxygen atoms in total. The maximum atomic E-state index is 12.7. The van der Waals surface area contributed by atoms with E-state index in [9.17, 15) is 44.0 Å². The first-order chi connectivity index (χ1) is 31.6. The highest BCUT2D eigenvalue weighted by Crippen LogP contribution is 2.43. The van der Waals surface area contributed by atoms with Gasteiger partial charge in [-0.1, -0.05) is 155 Å². The molecule has 0 fully saturated rings. The van der Waals surface area contributed by atoms with Crippen LogP contribution >= 0.6 is 15.6 Å². The van der Waals surface area contributed by atoms with Crippen molar-refractivity contribution in [3.8, 4) is 0 Å². The van der Waals surface area contributed by atoms with Crippen molar-refractivity contribution >= 4 is 27.6 Å². The molecule has 0 saturated heterocycles. The van der Waals surface area contributed by atoms with Crippen molar-refractivity contribution in [2.45, 2.75) is 154 Å². The minimum Gasteiger partial charge on any atom is -0.462 e. The van der Waals surface area contributed by atoms with E-state index in [1.165, 1.54) is 25.3 Å². The number of esters is 2. The molecule has 0 rings (SSSR count). The molecule has 7 N–H and O–H groups in total. The number of phosphoric ester groups is 2. The minimum atomic E-state index is -4.92. The molecule has 0 aliphatic carbocycles. The molecule has 0 aromatic carbocycles. The van der Waals surface area contributed by atoms with Crippen molar-refractivity contribution in [2.24, 2.45) is 0 Å². The summed E-state index contributed by atoms with van der Waals surface area (Å²) in [4.78, 5) is 52.8. The summed E-state index contributed by atoms with van der Waals surface area (Å²) in [6.45, 7) is 1.14. The molecule has 0 aromatic rings. The Morgan fingerprint density at radius 1 is 0.530 bits per heavy atom. The number of hydrogen-bond acceptors (Lipinski definition) is 13. The molecule has 18 heteroatoms. The number of aliphatic hydroxyl groups excluding tert-OH is 4. The average Bonchev–Trinajstić information content (AvgIpc) is 3.27. The zero-order valence-corrected chi connectivity index (χ0v) is 40.6. The predicted molar refractivity (Wildman–Crippen MR) is 257 cm³/mol. The van der Waals surface area contributed by atoms with Gasteiger partial charge in [0.15, 0.2) is 6.10 Å². The summed E-state index contributed by atoms with van der Waals surface area (Å²) in [7, 11) is -9.84. The second-order valence-corrected chi connectivity index (χ2v) is 17.9. The molecular weight excluding hydrogens is 894 g/mol. The zero-order valence-electron chi connectivity index (χ0n) is 38.8. The summed E-state index contributed by atoms with van der Waals surface area (Å²) in [6, 6.07) is 0. The lowest BCUT2D eigenvalue weighted by Gasteiger charge is -2.20. The lowest BCUT2D eigenvalue weighted by molar-refractivity contribution is -0.161. The fourth-order valence-corrected chi connectivity index (χ4v) is 6.52. The van der Waals surface area contributed by atoms with Gasteiger partial charge in [0.05, 0.1) is 38.1 Å². The molecule has 6 atom stereocenters. The van der Waals surface area contributed by atoms with Crippen LogP contribution in [-0.4, -0.2) is 104 Å². The average molecular weight is 973 g/mol. The van der Waals surface area contributed by atoms with Crippen molar-refractivity contribution in [3.05, 3.63) is 109 Å². The summed E-state index contributed by atoms with van der Waals surface area (Å²) in [6.07, 6.45) is 40.3. The lowest BCUT2D eigenvalue weighted by Crippen LogP contribution is -2.30. The summed E-state index contributed by atoms with van der Waals surface area (Å²) >= 11 is 0. The van der Waals surface area contributed by atoms with Crippen molar-refractivity contribution in [1.29, 1.82) is 0 Å². The van der Waals surface area contributed by atoms with Gasteiger partial charge in [-0.3, -0.25) is 23.2 Å². The molecule has 0 aliphatic rings. The number of ether oxygens (including phenoxy) is 2. The van der Waals surface area contributed by atoms with Gasteiger partial charge in [0, 0.05) is 12.8 Å². The van der Waals surface area contributed by atoms with Gasteiger partial charge in [-0.15, -0.1) is 0 Å².